The Morgan fingerprint density at radius 2 is 2.33 bits per heavy atom. The Hall–Kier alpha value is -1.80. The van der Waals surface area contributed by atoms with E-state index < -0.39 is 5.97 Å². The molecule has 0 aliphatic heterocycles. The van der Waals surface area contributed by atoms with E-state index >= 15 is 0 Å². The Morgan fingerprint density at radius 3 is 3.00 bits per heavy atom. The molecule has 2 rings (SSSR count). The average molecular weight is 307 g/mol. The summed E-state index contributed by atoms with van der Waals surface area (Å²) in [5, 5.41) is 9.74. The van der Waals surface area contributed by atoms with Crippen molar-refractivity contribution in [2.75, 3.05) is 6.61 Å². The smallest absolute Gasteiger partial charge is 0.355 e. The van der Waals surface area contributed by atoms with Crippen LogP contribution in [0.3, 0.4) is 0 Å². The Labute approximate surface area is 113 Å². The van der Waals surface area contributed by atoms with Crippen LogP contribution in [0.15, 0.2) is 22.7 Å². The van der Waals surface area contributed by atoms with Crippen molar-refractivity contribution in [3.05, 3.63) is 33.9 Å². The van der Waals surface area contributed by atoms with E-state index in [0.29, 0.717) is 17.9 Å². The number of nitriles is 1. The number of hydrogen-bond donors (Lipinski definition) is 1. The third kappa shape index (κ3) is 2.24. The zero-order chi connectivity index (χ0) is 13.1. The molecule has 1 aromatic carbocycles. The van der Waals surface area contributed by atoms with Gasteiger partial charge in [-0.1, -0.05) is 22.0 Å². The largest absolute Gasteiger partial charge is 0.461 e. The number of carbonyl (C=O) groups excluding carboxylic acids is 1. The third-order valence-electron chi connectivity index (χ3n) is 2.60. The van der Waals surface area contributed by atoms with Gasteiger partial charge in [0.2, 0.25) is 0 Å². The van der Waals surface area contributed by atoms with Crippen LogP contribution in [0.5, 0.6) is 0 Å². The number of rotatable bonds is 3. The van der Waals surface area contributed by atoms with Crippen LogP contribution in [0.25, 0.3) is 10.9 Å². The third-order valence-corrected chi connectivity index (χ3v) is 3.10. The number of halogens is 1. The van der Waals surface area contributed by atoms with Gasteiger partial charge in [-0.2, -0.15) is 5.26 Å². The van der Waals surface area contributed by atoms with Gasteiger partial charge in [0, 0.05) is 20.9 Å². The molecule has 0 bridgehead atoms. The molecule has 0 spiro atoms. The van der Waals surface area contributed by atoms with Crippen molar-refractivity contribution in [3.63, 3.8) is 0 Å². The highest BCUT2D eigenvalue weighted by Crippen LogP contribution is 2.26. The summed E-state index contributed by atoms with van der Waals surface area (Å²) in [7, 11) is 0. The molecule has 18 heavy (non-hydrogen) atoms. The van der Waals surface area contributed by atoms with Gasteiger partial charge in [-0.25, -0.2) is 4.79 Å². The van der Waals surface area contributed by atoms with Crippen LogP contribution in [0.1, 0.15) is 23.0 Å². The molecule has 0 aliphatic carbocycles. The van der Waals surface area contributed by atoms with E-state index in [4.69, 9.17) is 10.00 Å². The minimum atomic E-state index is -0.421. The van der Waals surface area contributed by atoms with E-state index in [0.717, 1.165) is 15.4 Å². The number of H-pyrrole nitrogens is 1. The first-order chi connectivity index (χ1) is 8.67. The standard InChI is InChI=1S/C13H11BrN2O2/c1-2-18-13(17)12-10(5-6-15)9-4-3-8(14)7-11(9)16-12/h3-4,7,16H,2,5H2,1H3. The number of ether oxygens (including phenoxy) is 1. The number of esters is 1. The highest BCUT2D eigenvalue weighted by molar-refractivity contribution is 9.10. The van der Waals surface area contributed by atoms with Crippen molar-refractivity contribution >= 4 is 32.8 Å². The van der Waals surface area contributed by atoms with E-state index in [9.17, 15) is 4.79 Å². The molecule has 0 aliphatic rings. The van der Waals surface area contributed by atoms with Crippen molar-refractivity contribution in [1.29, 1.82) is 5.26 Å². The summed E-state index contributed by atoms with van der Waals surface area (Å²) in [4.78, 5) is 14.8. The number of aromatic nitrogens is 1. The predicted molar refractivity (Wildman–Crippen MR) is 71.3 cm³/mol. The summed E-state index contributed by atoms with van der Waals surface area (Å²) < 4.78 is 5.90. The molecule has 0 unspecified atom stereocenters. The summed E-state index contributed by atoms with van der Waals surface area (Å²) in [5.41, 5.74) is 1.88. The van der Waals surface area contributed by atoms with Gasteiger partial charge in [0.25, 0.3) is 0 Å². The minimum Gasteiger partial charge on any atom is -0.461 e. The Bertz CT molecular complexity index is 640. The van der Waals surface area contributed by atoms with Crippen LogP contribution in [-0.2, 0) is 11.2 Å². The number of fused-ring (bicyclic) bond motifs is 1. The summed E-state index contributed by atoms with van der Waals surface area (Å²) in [5.74, 6) is -0.421. The van der Waals surface area contributed by atoms with Crippen molar-refractivity contribution in [1.82, 2.24) is 4.98 Å². The van der Waals surface area contributed by atoms with E-state index in [-0.39, 0.29) is 6.42 Å². The van der Waals surface area contributed by atoms with Gasteiger partial charge in [-0.15, -0.1) is 0 Å². The fourth-order valence-corrected chi connectivity index (χ4v) is 2.23. The molecule has 2 aromatic rings. The molecule has 5 heteroatoms. The Morgan fingerprint density at radius 1 is 1.56 bits per heavy atom. The fourth-order valence-electron chi connectivity index (χ4n) is 1.87. The normalized spacial score (nSPS) is 10.3. The fraction of sp³-hybridized carbons (Fsp3) is 0.231. The second-order valence-electron chi connectivity index (χ2n) is 3.72. The SMILES string of the molecule is CCOC(=O)c1[nH]c2cc(Br)ccc2c1CC#N. The lowest BCUT2D eigenvalue weighted by atomic mass is 10.1. The monoisotopic (exact) mass is 306 g/mol. The predicted octanol–water partition coefficient (Wildman–Crippen LogP) is 3.17. The molecule has 92 valence electrons. The maximum atomic E-state index is 11.8. The summed E-state index contributed by atoms with van der Waals surface area (Å²) in [6, 6.07) is 7.71. The summed E-state index contributed by atoms with van der Waals surface area (Å²) >= 11 is 3.37. The number of aromatic amines is 1. The molecule has 1 aromatic heterocycles. The van der Waals surface area contributed by atoms with Gasteiger partial charge in [0.15, 0.2) is 0 Å². The Balaban J connectivity index is 2.61. The molecule has 1 heterocycles. The number of nitrogens with one attached hydrogen (secondary N) is 1. The number of carbonyl (C=O) groups is 1. The topological polar surface area (TPSA) is 65.9 Å². The molecule has 0 saturated carbocycles. The van der Waals surface area contributed by atoms with E-state index in [1.165, 1.54) is 0 Å². The molecular weight excluding hydrogens is 296 g/mol. The maximum absolute atomic E-state index is 11.8. The molecule has 1 N–H and O–H groups in total. The van der Waals surface area contributed by atoms with Crippen LogP contribution in [0.4, 0.5) is 0 Å². The zero-order valence-electron chi connectivity index (χ0n) is 9.79. The highest BCUT2D eigenvalue weighted by atomic mass is 79.9. The maximum Gasteiger partial charge on any atom is 0.355 e. The Kier molecular flexibility index (Phi) is 3.68. The van der Waals surface area contributed by atoms with Crippen molar-refractivity contribution in [2.24, 2.45) is 0 Å². The second kappa shape index (κ2) is 5.23. The molecule has 0 atom stereocenters. The van der Waals surface area contributed by atoms with Crippen molar-refractivity contribution < 1.29 is 9.53 Å². The lowest BCUT2D eigenvalue weighted by Gasteiger charge is -2.00. The average Bonchev–Trinajstić information content (AvgIpc) is 2.68. The van der Waals surface area contributed by atoms with Crippen molar-refractivity contribution in [3.8, 4) is 6.07 Å². The van der Waals surface area contributed by atoms with E-state index in [1.807, 2.05) is 18.2 Å². The van der Waals surface area contributed by atoms with Gasteiger partial charge in [-0.05, 0) is 19.1 Å². The molecule has 0 saturated heterocycles. The quantitative estimate of drug-likeness (QED) is 0.886. The summed E-state index contributed by atoms with van der Waals surface area (Å²) in [6.45, 7) is 2.06. The number of benzene rings is 1. The lowest BCUT2D eigenvalue weighted by molar-refractivity contribution is 0.0519. The minimum absolute atomic E-state index is 0.176. The molecule has 0 fully saturated rings. The van der Waals surface area contributed by atoms with Crippen LogP contribution in [-0.4, -0.2) is 17.6 Å². The van der Waals surface area contributed by atoms with Crippen LogP contribution in [0.2, 0.25) is 0 Å². The van der Waals surface area contributed by atoms with Crippen molar-refractivity contribution in [2.45, 2.75) is 13.3 Å². The lowest BCUT2D eigenvalue weighted by Crippen LogP contribution is -2.07. The number of hydrogen-bond acceptors (Lipinski definition) is 3. The first kappa shape index (κ1) is 12.7. The highest BCUT2D eigenvalue weighted by Gasteiger charge is 2.18. The molecular formula is C13H11BrN2O2. The molecule has 0 amide bonds. The van der Waals surface area contributed by atoms with Gasteiger partial charge in [0.05, 0.1) is 19.1 Å². The van der Waals surface area contributed by atoms with Crippen LogP contribution >= 0.6 is 15.9 Å². The molecule has 4 nitrogen and oxygen atoms in total. The van der Waals surface area contributed by atoms with Crippen LogP contribution in [0, 0.1) is 11.3 Å². The van der Waals surface area contributed by atoms with Crippen LogP contribution < -0.4 is 0 Å². The zero-order valence-corrected chi connectivity index (χ0v) is 11.4. The first-order valence-corrected chi connectivity index (χ1v) is 6.30. The van der Waals surface area contributed by atoms with E-state index in [2.05, 4.69) is 27.0 Å². The first-order valence-electron chi connectivity index (χ1n) is 5.51. The van der Waals surface area contributed by atoms with Gasteiger partial charge < -0.3 is 9.72 Å². The van der Waals surface area contributed by atoms with Gasteiger partial charge >= 0.3 is 5.97 Å². The molecule has 0 radical (unpaired) electrons. The number of nitrogens with zero attached hydrogens (tertiary/aromatic N) is 1. The van der Waals surface area contributed by atoms with E-state index in [1.54, 1.807) is 6.92 Å². The second-order valence-corrected chi connectivity index (χ2v) is 4.64. The van der Waals surface area contributed by atoms with Gasteiger partial charge in [-0.3, -0.25) is 0 Å². The summed E-state index contributed by atoms with van der Waals surface area (Å²) in [6.07, 6.45) is 0.176. The van der Waals surface area contributed by atoms with Gasteiger partial charge in [0.1, 0.15) is 5.69 Å².